The number of rotatable bonds is 1. The molecule has 1 aliphatic heterocycles. The number of likely N-dealkylation sites (tertiary alicyclic amines) is 1. The molecule has 2 atom stereocenters. The van der Waals surface area contributed by atoms with Gasteiger partial charge in [-0.1, -0.05) is 0 Å². The second-order valence-electron chi connectivity index (χ2n) is 5.09. The van der Waals surface area contributed by atoms with Crippen LogP contribution < -0.4 is 0 Å². The molecule has 0 N–H and O–H groups in total. The number of ketones is 1. The van der Waals surface area contributed by atoms with Gasteiger partial charge in [-0.25, -0.2) is 9.18 Å². The number of amides is 1. The van der Waals surface area contributed by atoms with E-state index in [0.717, 1.165) is 0 Å². The van der Waals surface area contributed by atoms with E-state index in [0.29, 0.717) is 0 Å². The Kier molecular flexibility index (Phi) is 3.55. The maximum Gasteiger partial charge on any atom is 0.411 e. The van der Waals surface area contributed by atoms with Crippen molar-refractivity contribution in [3.63, 3.8) is 0 Å². The number of alkyl halides is 1. The Morgan fingerprint density at radius 3 is 2.38 bits per heavy atom. The highest BCUT2D eigenvalue weighted by atomic mass is 19.1. The molecule has 1 heterocycles. The summed E-state index contributed by atoms with van der Waals surface area (Å²) in [5.41, 5.74) is -0.632. The standard InChI is InChI=1S/C11H18FNO3/c1-7(14)9-5-8(12)6-13(9)10(15)16-11(2,3)4/h8-9H,5-6H2,1-4H3/t8-,9-/m0/s1. The molecule has 1 amide bonds. The van der Waals surface area contributed by atoms with Crippen molar-refractivity contribution in [2.24, 2.45) is 0 Å². The largest absolute Gasteiger partial charge is 0.444 e. The van der Waals surface area contributed by atoms with Crippen LogP contribution in [-0.2, 0) is 9.53 Å². The van der Waals surface area contributed by atoms with Gasteiger partial charge < -0.3 is 4.74 Å². The number of Topliss-reactive ketones (excluding diaryl/α,β-unsaturated/α-hetero) is 1. The predicted octanol–water partition coefficient (Wildman–Crippen LogP) is 1.92. The molecule has 0 aromatic carbocycles. The molecule has 0 unspecified atom stereocenters. The zero-order valence-electron chi connectivity index (χ0n) is 10.1. The van der Waals surface area contributed by atoms with Crippen molar-refractivity contribution >= 4 is 11.9 Å². The Morgan fingerprint density at radius 1 is 1.38 bits per heavy atom. The molecular formula is C11H18FNO3. The van der Waals surface area contributed by atoms with Crippen LogP contribution in [-0.4, -0.2) is 41.1 Å². The Labute approximate surface area is 94.7 Å². The molecular weight excluding hydrogens is 213 g/mol. The third kappa shape index (κ3) is 3.18. The second kappa shape index (κ2) is 4.39. The number of ether oxygens (including phenoxy) is 1. The van der Waals surface area contributed by atoms with E-state index >= 15 is 0 Å². The first-order valence-electron chi connectivity index (χ1n) is 5.35. The van der Waals surface area contributed by atoms with E-state index in [2.05, 4.69) is 0 Å². The molecule has 1 saturated heterocycles. The summed E-state index contributed by atoms with van der Waals surface area (Å²) in [5, 5.41) is 0. The van der Waals surface area contributed by atoms with Crippen LogP contribution in [0.4, 0.5) is 9.18 Å². The van der Waals surface area contributed by atoms with E-state index in [-0.39, 0.29) is 18.7 Å². The number of nitrogens with zero attached hydrogens (tertiary/aromatic N) is 1. The number of halogens is 1. The highest BCUT2D eigenvalue weighted by Crippen LogP contribution is 2.23. The summed E-state index contributed by atoms with van der Waals surface area (Å²) in [6, 6.07) is -0.676. The normalized spacial score (nSPS) is 25.7. The lowest BCUT2D eigenvalue weighted by Gasteiger charge is -2.27. The van der Waals surface area contributed by atoms with E-state index in [4.69, 9.17) is 4.74 Å². The smallest absolute Gasteiger partial charge is 0.411 e. The van der Waals surface area contributed by atoms with Gasteiger partial charge in [0.2, 0.25) is 0 Å². The highest BCUT2D eigenvalue weighted by molar-refractivity contribution is 5.86. The second-order valence-corrected chi connectivity index (χ2v) is 5.09. The number of hydrogen-bond donors (Lipinski definition) is 0. The van der Waals surface area contributed by atoms with E-state index in [9.17, 15) is 14.0 Å². The van der Waals surface area contributed by atoms with E-state index in [1.54, 1.807) is 20.8 Å². The van der Waals surface area contributed by atoms with Gasteiger partial charge in [-0.15, -0.1) is 0 Å². The zero-order valence-corrected chi connectivity index (χ0v) is 10.1. The van der Waals surface area contributed by atoms with Crippen LogP contribution in [0.3, 0.4) is 0 Å². The van der Waals surface area contributed by atoms with Gasteiger partial charge in [-0.2, -0.15) is 0 Å². The maximum atomic E-state index is 13.2. The van der Waals surface area contributed by atoms with E-state index < -0.39 is 23.9 Å². The van der Waals surface area contributed by atoms with Crippen LogP contribution in [0.25, 0.3) is 0 Å². The van der Waals surface area contributed by atoms with Gasteiger partial charge in [0.05, 0.1) is 12.6 Å². The van der Waals surface area contributed by atoms with Crippen LogP contribution in [0.5, 0.6) is 0 Å². The summed E-state index contributed by atoms with van der Waals surface area (Å²) in [4.78, 5) is 24.1. The highest BCUT2D eigenvalue weighted by Gasteiger charge is 2.39. The van der Waals surface area contributed by atoms with Crippen LogP contribution >= 0.6 is 0 Å². The van der Waals surface area contributed by atoms with Gasteiger partial charge >= 0.3 is 6.09 Å². The fourth-order valence-corrected chi connectivity index (χ4v) is 1.69. The fourth-order valence-electron chi connectivity index (χ4n) is 1.69. The fraction of sp³-hybridized carbons (Fsp3) is 0.818. The Bertz CT molecular complexity index is 298. The quantitative estimate of drug-likeness (QED) is 0.692. The van der Waals surface area contributed by atoms with Crippen molar-refractivity contribution in [3.05, 3.63) is 0 Å². The lowest BCUT2D eigenvalue weighted by atomic mass is 10.1. The van der Waals surface area contributed by atoms with Crippen LogP contribution in [0.2, 0.25) is 0 Å². The van der Waals surface area contributed by atoms with Crippen molar-refractivity contribution < 1.29 is 18.7 Å². The molecule has 0 aromatic heterocycles. The first kappa shape index (κ1) is 12.9. The molecule has 0 aliphatic carbocycles. The summed E-state index contributed by atoms with van der Waals surface area (Å²) in [5.74, 6) is -0.203. The minimum atomic E-state index is -1.14. The first-order chi connectivity index (χ1) is 7.20. The number of carbonyl (C=O) groups excluding carboxylic acids is 2. The Hall–Kier alpha value is -1.13. The minimum Gasteiger partial charge on any atom is -0.444 e. The van der Waals surface area contributed by atoms with Crippen molar-refractivity contribution in [3.8, 4) is 0 Å². The van der Waals surface area contributed by atoms with Gasteiger partial charge in [-0.3, -0.25) is 9.69 Å². The van der Waals surface area contributed by atoms with Gasteiger partial charge in [-0.05, 0) is 27.7 Å². The average molecular weight is 231 g/mol. The van der Waals surface area contributed by atoms with Crippen LogP contribution in [0.15, 0.2) is 0 Å². The minimum absolute atomic E-state index is 0.0564. The molecule has 4 nitrogen and oxygen atoms in total. The van der Waals surface area contributed by atoms with Crippen LogP contribution in [0, 0.1) is 0 Å². The lowest BCUT2D eigenvalue weighted by Crippen LogP contribution is -2.42. The number of carbonyl (C=O) groups is 2. The van der Waals surface area contributed by atoms with Crippen molar-refractivity contribution in [1.29, 1.82) is 0 Å². The molecule has 5 heteroatoms. The summed E-state index contributed by atoms with van der Waals surface area (Å²) in [6.07, 6.45) is -1.68. The topological polar surface area (TPSA) is 46.6 Å². The predicted molar refractivity (Wildman–Crippen MR) is 56.9 cm³/mol. The summed E-state index contributed by atoms with van der Waals surface area (Å²) >= 11 is 0. The van der Waals surface area contributed by atoms with Crippen molar-refractivity contribution in [2.45, 2.75) is 51.9 Å². The maximum absolute atomic E-state index is 13.2. The van der Waals surface area contributed by atoms with Gasteiger partial charge in [0, 0.05) is 6.42 Å². The molecule has 92 valence electrons. The molecule has 1 rings (SSSR count). The molecule has 1 fully saturated rings. The van der Waals surface area contributed by atoms with Crippen molar-refractivity contribution in [1.82, 2.24) is 4.90 Å². The SMILES string of the molecule is CC(=O)[C@@H]1C[C@H](F)CN1C(=O)OC(C)(C)C. The number of hydrogen-bond acceptors (Lipinski definition) is 3. The molecule has 1 aliphatic rings. The average Bonchev–Trinajstić information content (AvgIpc) is 2.44. The first-order valence-corrected chi connectivity index (χ1v) is 5.35. The molecule has 0 radical (unpaired) electrons. The van der Waals surface area contributed by atoms with E-state index in [1.807, 2.05) is 0 Å². The molecule has 16 heavy (non-hydrogen) atoms. The Morgan fingerprint density at radius 2 is 1.94 bits per heavy atom. The van der Waals surface area contributed by atoms with Gasteiger partial charge in [0.1, 0.15) is 11.8 Å². The molecule has 0 saturated carbocycles. The lowest BCUT2D eigenvalue weighted by molar-refractivity contribution is -0.121. The summed E-state index contributed by atoms with van der Waals surface area (Å²) < 4.78 is 18.3. The van der Waals surface area contributed by atoms with Crippen LogP contribution in [0.1, 0.15) is 34.1 Å². The molecule has 0 aromatic rings. The zero-order chi connectivity index (χ0) is 12.5. The summed E-state index contributed by atoms with van der Waals surface area (Å²) in [7, 11) is 0. The third-order valence-electron chi connectivity index (χ3n) is 2.35. The molecule has 0 bridgehead atoms. The monoisotopic (exact) mass is 231 g/mol. The van der Waals surface area contributed by atoms with Gasteiger partial charge in [0.15, 0.2) is 5.78 Å². The van der Waals surface area contributed by atoms with Crippen molar-refractivity contribution in [2.75, 3.05) is 6.54 Å². The van der Waals surface area contributed by atoms with Gasteiger partial charge in [0.25, 0.3) is 0 Å². The Balaban J connectivity index is 2.71. The summed E-state index contributed by atoms with van der Waals surface area (Å²) in [6.45, 7) is 6.50. The third-order valence-corrected chi connectivity index (χ3v) is 2.35. The van der Waals surface area contributed by atoms with E-state index in [1.165, 1.54) is 11.8 Å². The molecule has 0 spiro atoms.